The van der Waals surface area contributed by atoms with Gasteiger partial charge in [0.15, 0.2) is 0 Å². The van der Waals surface area contributed by atoms with Gasteiger partial charge in [-0.05, 0) is 48.7 Å². The van der Waals surface area contributed by atoms with Crippen molar-refractivity contribution < 1.29 is 19.4 Å². The predicted molar refractivity (Wildman–Crippen MR) is 117 cm³/mol. The first-order chi connectivity index (χ1) is 15.0. The number of carboxylic acid groups (broad SMARTS) is 1. The van der Waals surface area contributed by atoms with E-state index in [1.807, 2.05) is 42.5 Å². The van der Waals surface area contributed by atoms with Crippen LogP contribution in [0.3, 0.4) is 0 Å². The van der Waals surface area contributed by atoms with E-state index in [4.69, 9.17) is 16.3 Å². The number of carbonyl (C=O) groups excluding carboxylic acids is 1. The van der Waals surface area contributed by atoms with E-state index in [1.165, 1.54) is 11.1 Å². The first-order valence-electron chi connectivity index (χ1n) is 9.90. The molecule has 0 aliphatic carbocycles. The Morgan fingerprint density at radius 1 is 1.10 bits per heavy atom. The second-order valence-electron chi connectivity index (χ2n) is 7.35. The maximum absolute atomic E-state index is 13.4. The van der Waals surface area contributed by atoms with Crippen molar-refractivity contribution in [3.05, 3.63) is 83.0 Å². The number of methoxy groups -OCH3 is 1. The van der Waals surface area contributed by atoms with Gasteiger partial charge >= 0.3 is 5.97 Å². The third-order valence-electron chi connectivity index (χ3n) is 5.54. The molecule has 1 amide bonds. The lowest BCUT2D eigenvalue weighted by Gasteiger charge is -2.29. The highest BCUT2D eigenvalue weighted by molar-refractivity contribution is 6.31. The molecule has 0 bridgehead atoms. The molecule has 2 atom stereocenters. The van der Waals surface area contributed by atoms with Crippen molar-refractivity contribution in [3.8, 4) is 17.0 Å². The highest BCUT2D eigenvalue weighted by atomic mass is 35.5. The van der Waals surface area contributed by atoms with E-state index in [9.17, 15) is 14.7 Å². The molecule has 1 aliphatic rings. The van der Waals surface area contributed by atoms with Crippen molar-refractivity contribution in [2.45, 2.75) is 24.9 Å². The van der Waals surface area contributed by atoms with E-state index >= 15 is 0 Å². The van der Waals surface area contributed by atoms with E-state index < -0.39 is 18.1 Å². The number of hydrogen-bond donors (Lipinski definition) is 1. The summed E-state index contributed by atoms with van der Waals surface area (Å²) in [5.74, 6) is -0.688. The van der Waals surface area contributed by atoms with Crippen molar-refractivity contribution in [1.29, 1.82) is 0 Å². The van der Waals surface area contributed by atoms with Gasteiger partial charge in [0.2, 0.25) is 0 Å². The second kappa shape index (κ2) is 8.78. The van der Waals surface area contributed by atoms with Crippen LogP contribution in [-0.2, 0) is 4.79 Å². The topological polar surface area (TPSA) is 79.7 Å². The Balaban J connectivity index is 1.65. The molecule has 1 N–H and O–H groups in total. The summed E-state index contributed by atoms with van der Waals surface area (Å²) in [5.41, 5.74) is 2.63. The first-order valence-corrected chi connectivity index (χ1v) is 10.3. The van der Waals surface area contributed by atoms with Crippen molar-refractivity contribution >= 4 is 23.5 Å². The van der Waals surface area contributed by atoms with Gasteiger partial charge in [-0.15, -0.1) is 0 Å². The predicted octanol–water partition coefficient (Wildman–Crippen LogP) is 4.84. The minimum absolute atomic E-state index is 0.330. The zero-order valence-corrected chi connectivity index (χ0v) is 17.6. The first kappa shape index (κ1) is 20.9. The van der Waals surface area contributed by atoms with Crippen LogP contribution >= 0.6 is 11.6 Å². The number of hydrogen-bond acceptors (Lipinski definition) is 4. The van der Waals surface area contributed by atoms with Gasteiger partial charge in [-0.2, -0.15) is 0 Å². The number of carbonyl (C=O) groups is 2. The molecule has 3 aromatic rings. The zero-order chi connectivity index (χ0) is 22.0. The van der Waals surface area contributed by atoms with Gasteiger partial charge in [0.05, 0.1) is 24.4 Å². The summed E-state index contributed by atoms with van der Waals surface area (Å²) in [7, 11) is 1.60. The standard InChI is InChI=1S/C24H21ClN2O4/c1-31-17-6-4-5-15(13-17)20-10-9-16(14-26-20)23(28)27-21(11-12-22(27)24(29)30)18-7-2-3-8-19(18)25/h2-10,13-14,21-22H,11-12H2,1H3,(H,29,30)/t21?,22-/m0/s1. The molecule has 6 nitrogen and oxygen atoms in total. The fraction of sp³-hybridized carbons (Fsp3) is 0.208. The Morgan fingerprint density at radius 2 is 1.90 bits per heavy atom. The fourth-order valence-electron chi connectivity index (χ4n) is 4.01. The SMILES string of the molecule is COc1cccc(-c2ccc(C(=O)N3C(c4ccccc4Cl)CC[C@H]3C(=O)O)cn2)c1. The number of amides is 1. The van der Waals surface area contributed by atoms with Gasteiger partial charge < -0.3 is 14.7 Å². The van der Waals surface area contributed by atoms with Crippen LogP contribution in [0.4, 0.5) is 0 Å². The second-order valence-corrected chi connectivity index (χ2v) is 7.75. The highest BCUT2D eigenvalue weighted by Crippen LogP contribution is 2.40. The Morgan fingerprint density at radius 3 is 2.58 bits per heavy atom. The number of rotatable bonds is 5. The minimum atomic E-state index is -1.02. The molecule has 0 spiro atoms. The summed E-state index contributed by atoms with van der Waals surface area (Å²) >= 11 is 6.35. The molecular formula is C24H21ClN2O4. The third-order valence-corrected chi connectivity index (χ3v) is 5.89. The van der Waals surface area contributed by atoms with Crippen molar-refractivity contribution in [3.63, 3.8) is 0 Å². The van der Waals surface area contributed by atoms with Crippen molar-refractivity contribution in [2.75, 3.05) is 7.11 Å². The molecule has 0 saturated carbocycles. The molecule has 2 heterocycles. The number of likely N-dealkylation sites (tertiary alicyclic amines) is 1. The lowest BCUT2D eigenvalue weighted by atomic mass is 10.0. The number of benzene rings is 2. The lowest BCUT2D eigenvalue weighted by Crippen LogP contribution is -2.42. The lowest BCUT2D eigenvalue weighted by molar-refractivity contribution is -0.141. The fourth-order valence-corrected chi connectivity index (χ4v) is 4.27. The summed E-state index contributed by atoms with van der Waals surface area (Å²) in [6.45, 7) is 0. The summed E-state index contributed by atoms with van der Waals surface area (Å²) in [6.07, 6.45) is 2.38. The van der Waals surface area contributed by atoms with E-state index in [0.717, 1.165) is 11.1 Å². The van der Waals surface area contributed by atoms with Crippen LogP contribution < -0.4 is 4.74 Å². The van der Waals surface area contributed by atoms with Gasteiger partial charge in [0.1, 0.15) is 11.8 Å². The quantitative estimate of drug-likeness (QED) is 0.619. The maximum Gasteiger partial charge on any atom is 0.326 e. The van der Waals surface area contributed by atoms with Crippen LogP contribution in [0.5, 0.6) is 5.75 Å². The number of carboxylic acids is 1. The number of pyridine rings is 1. The Labute approximate surface area is 185 Å². The molecule has 7 heteroatoms. The van der Waals surface area contributed by atoms with E-state index in [2.05, 4.69) is 4.98 Å². The molecular weight excluding hydrogens is 416 g/mol. The van der Waals surface area contributed by atoms with Crippen molar-refractivity contribution in [2.24, 2.45) is 0 Å². The molecule has 1 saturated heterocycles. The number of nitrogens with zero attached hydrogens (tertiary/aromatic N) is 2. The third kappa shape index (κ3) is 4.11. The number of aliphatic carboxylic acids is 1. The summed E-state index contributed by atoms with van der Waals surface area (Å²) in [5, 5.41) is 10.2. The van der Waals surface area contributed by atoms with Gasteiger partial charge in [-0.1, -0.05) is 41.9 Å². The van der Waals surface area contributed by atoms with Crippen LogP contribution in [0.1, 0.15) is 34.8 Å². The Bertz CT molecular complexity index is 1120. The van der Waals surface area contributed by atoms with Crippen molar-refractivity contribution in [1.82, 2.24) is 9.88 Å². The van der Waals surface area contributed by atoms with Gasteiger partial charge in [-0.3, -0.25) is 9.78 Å². The summed E-state index contributed by atoms with van der Waals surface area (Å²) < 4.78 is 5.25. The normalized spacial score (nSPS) is 18.1. The van der Waals surface area contributed by atoms with Crippen LogP contribution in [0.2, 0.25) is 5.02 Å². The Hall–Kier alpha value is -3.38. The number of halogens is 1. The van der Waals surface area contributed by atoms with Crippen LogP contribution in [0.15, 0.2) is 66.9 Å². The van der Waals surface area contributed by atoms with E-state index in [1.54, 1.807) is 25.3 Å². The van der Waals surface area contributed by atoms with Gasteiger partial charge in [0.25, 0.3) is 5.91 Å². The van der Waals surface area contributed by atoms with E-state index in [0.29, 0.717) is 34.9 Å². The average Bonchev–Trinajstić information content (AvgIpc) is 3.24. The summed E-state index contributed by atoms with van der Waals surface area (Å²) in [4.78, 5) is 31.1. The summed E-state index contributed by atoms with van der Waals surface area (Å²) in [6, 6.07) is 16.8. The van der Waals surface area contributed by atoms with Gasteiger partial charge in [-0.25, -0.2) is 4.79 Å². The molecule has 4 rings (SSSR count). The smallest absolute Gasteiger partial charge is 0.326 e. The largest absolute Gasteiger partial charge is 0.497 e. The molecule has 2 aromatic carbocycles. The van der Waals surface area contributed by atoms with Crippen LogP contribution in [0.25, 0.3) is 11.3 Å². The average molecular weight is 437 g/mol. The molecule has 1 unspecified atom stereocenters. The zero-order valence-electron chi connectivity index (χ0n) is 16.9. The molecule has 0 radical (unpaired) electrons. The molecule has 158 valence electrons. The number of aromatic nitrogens is 1. The Kier molecular flexibility index (Phi) is 5.91. The number of ether oxygens (including phenoxy) is 1. The monoisotopic (exact) mass is 436 g/mol. The highest BCUT2D eigenvalue weighted by Gasteiger charge is 2.42. The molecule has 1 aromatic heterocycles. The minimum Gasteiger partial charge on any atom is -0.497 e. The van der Waals surface area contributed by atoms with Gasteiger partial charge in [0, 0.05) is 16.8 Å². The maximum atomic E-state index is 13.4. The molecule has 31 heavy (non-hydrogen) atoms. The molecule has 1 fully saturated rings. The van der Waals surface area contributed by atoms with Crippen LogP contribution in [-0.4, -0.2) is 40.0 Å². The van der Waals surface area contributed by atoms with Crippen LogP contribution in [0, 0.1) is 0 Å². The van der Waals surface area contributed by atoms with E-state index in [-0.39, 0.29) is 5.91 Å². The molecule has 1 aliphatic heterocycles.